The molecule has 0 spiro atoms. The van der Waals surface area contributed by atoms with E-state index in [2.05, 4.69) is 9.89 Å². The Kier molecular flexibility index (Phi) is 4.36. The third kappa shape index (κ3) is 3.86. The maximum atomic E-state index is 11.7. The minimum atomic E-state index is -4.61. The first kappa shape index (κ1) is 13.0. The summed E-state index contributed by atoms with van der Waals surface area (Å²) in [5.74, 6) is 0.0320. The highest BCUT2D eigenvalue weighted by molar-refractivity contribution is 5.85. The molecule has 0 saturated carbocycles. The summed E-state index contributed by atoms with van der Waals surface area (Å²) in [4.78, 5) is 1.71. The number of likely N-dealkylation sites (tertiary alicyclic amines) is 1. The molecule has 94 valence electrons. The number of nitrogens with two attached hydrogens (primary N) is 1. The molecule has 1 atom stereocenters. The zero-order valence-corrected chi connectivity index (χ0v) is 8.57. The Bertz CT molecular complexity index is 257. The van der Waals surface area contributed by atoms with Crippen LogP contribution in [0.5, 0.6) is 0 Å². The van der Waals surface area contributed by atoms with Gasteiger partial charge in [-0.05, 0) is 19.4 Å². The lowest BCUT2D eigenvalue weighted by molar-refractivity contribution is -0.325. The lowest BCUT2D eigenvalue weighted by Crippen LogP contribution is -2.42. The van der Waals surface area contributed by atoms with Gasteiger partial charge in [-0.1, -0.05) is 5.16 Å². The second-order valence-electron chi connectivity index (χ2n) is 3.51. The van der Waals surface area contributed by atoms with Crippen LogP contribution in [0, 0.1) is 0 Å². The number of hydrogen-bond donors (Lipinski definition) is 2. The van der Waals surface area contributed by atoms with Crippen LogP contribution in [0.2, 0.25) is 0 Å². The van der Waals surface area contributed by atoms with E-state index in [1.54, 1.807) is 4.90 Å². The van der Waals surface area contributed by atoms with Crippen LogP contribution < -0.4 is 5.73 Å². The van der Waals surface area contributed by atoms with E-state index in [0.717, 1.165) is 6.42 Å². The molecule has 1 heterocycles. The molecular formula is C8H14F3N3O2. The lowest BCUT2D eigenvalue weighted by atomic mass is 10.2. The van der Waals surface area contributed by atoms with E-state index < -0.39 is 13.0 Å². The average Bonchev–Trinajstić information content (AvgIpc) is 2.63. The van der Waals surface area contributed by atoms with E-state index in [0.29, 0.717) is 13.0 Å². The monoisotopic (exact) mass is 241 g/mol. The standard InChI is InChI=1S/C8H14F3N3O2/c9-8(10,11)16-5-4-14-3-1-2-6(14)7(12)13-15/h6,15H,1-5H2,(H2,12,13). The fraction of sp³-hybridized carbons (Fsp3) is 0.875. The summed E-state index contributed by atoms with van der Waals surface area (Å²) in [6, 6.07) is -0.290. The van der Waals surface area contributed by atoms with Gasteiger partial charge in [0, 0.05) is 6.54 Å². The number of rotatable bonds is 4. The quantitative estimate of drug-likeness (QED) is 0.329. The molecule has 0 aromatic rings. The number of oxime groups is 1. The van der Waals surface area contributed by atoms with Crippen LogP contribution >= 0.6 is 0 Å². The van der Waals surface area contributed by atoms with E-state index in [1.807, 2.05) is 0 Å². The smallest absolute Gasteiger partial charge is 0.409 e. The van der Waals surface area contributed by atoms with Crippen LogP contribution in [0.15, 0.2) is 5.16 Å². The van der Waals surface area contributed by atoms with Gasteiger partial charge in [-0.25, -0.2) is 0 Å². The fourth-order valence-electron chi connectivity index (χ4n) is 1.77. The lowest BCUT2D eigenvalue weighted by Gasteiger charge is -2.23. The molecule has 0 amide bonds. The number of hydrogen-bond acceptors (Lipinski definition) is 4. The van der Waals surface area contributed by atoms with Crippen LogP contribution in [0.25, 0.3) is 0 Å². The Balaban J connectivity index is 2.36. The zero-order valence-electron chi connectivity index (χ0n) is 8.57. The SMILES string of the molecule is NC(=NO)C1CCCN1CCOC(F)(F)F. The molecule has 1 saturated heterocycles. The summed E-state index contributed by atoms with van der Waals surface area (Å²) in [6.45, 7) is 0.293. The molecule has 1 unspecified atom stereocenters. The first-order valence-electron chi connectivity index (χ1n) is 4.86. The summed E-state index contributed by atoms with van der Waals surface area (Å²) in [6.07, 6.45) is -3.11. The van der Waals surface area contributed by atoms with Gasteiger partial charge >= 0.3 is 6.36 Å². The third-order valence-corrected chi connectivity index (χ3v) is 2.46. The molecule has 3 N–H and O–H groups in total. The van der Waals surface area contributed by atoms with E-state index in [4.69, 9.17) is 10.9 Å². The maximum absolute atomic E-state index is 11.7. The van der Waals surface area contributed by atoms with E-state index in [1.165, 1.54) is 0 Å². The summed E-state index contributed by atoms with van der Waals surface area (Å²) < 4.78 is 38.8. The van der Waals surface area contributed by atoms with Crippen molar-refractivity contribution in [3.63, 3.8) is 0 Å². The largest absolute Gasteiger partial charge is 0.522 e. The molecule has 0 aliphatic carbocycles. The molecule has 8 heteroatoms. The fourth-order valence-corrected chi connectivity index (χ4v) is 1.77. The van der Waals surface area contributed by atoms with Crippen LogP contribution in [-0.4, -0.2) is 48.0 Å². The number of ether oxygens (including phenoxy) is 1. The third-order valence-electron chi connectivity index (χ3n) is 2.46. The molecule has 1 aliphatic rings. The Morgan fingerprint density at radius 1 is 1.56 bits per heavy atom. The molecule has 5 nitrogen and oxygen atoms in total. The minimum Gasteiger partial charge on any atom is -0.409 e. The van der Waals surface area contributed by atoms with Gasteiger partial charge in [0.25, 0.3) is 0 Å². The average molecular weight is 241 g/mol. The molecule has 1 aliphatic heterocycles. The van der Waals surface area contributed by atoms with Crippen molar-refractivity contribution >= 4 is 5.84 Å². The molecule has 1 rings (SSSR count). The van der Waals surface area contributed by atoms with Crippen LogP contribution in [0.3, 0.4) is 0 Å². The summed E-state index contributed by atoms with van der Waals surface area (Å²) in [5.41, 5.74) is 5.42. The van der Waals surface area contributed by atoms with Crippen molar-refractivity contribution in [3.8, 4) is 0 Å². The molecular weight excluding hydrogens is 227 g/mol. The van der Waals surface area contributed by atoms with Crippen molar-refractivity contribution in [1.82, 2.24) is 4.90 Å². The number of halogens is 3. The first-order chi connectivity index (χ1) is 7.44. The molecule has 0 aromatic heterocycles. The van der Waals surface area contributed by atoms with Gasteiger partial charge in [0.1, 0.15) is 0 Å². The molecule has 16 heavy (non-hydrogen) atoms. The van der Waals surface area contributed by atoms with Gasteiger partial charge in [-0.2, -0.15) is 0 Å². The van der Waals surface area contributed by atoms with Gasteiger partial charge in [-0.15, -0.1) is 13.2 Å². The highest BCUT2D eigenvalue weighted by Crippen LogP contribution is 2.19. The van der Waals surface area contributed by atoms with E-state index in [-0.39, 0.29) is 18.4 Å². The highest BCUT2D eigenvalue weighted by Gasteiger charge is 2.31. The predicted molar refractivity (Wildman–Crippen MR) is 50.0 cm³/mol. The Morgan fingerprint density at radius 2 is 2.25 bits per heavy atom. The van der Waals surface area contributed by atoms with Gasteiger partial charge in [0.05, 0.1) is 12.6 Å². The molecule has 0 radical (unpaired) electrons. The summed E-state index contributed by atoms with van der Waals surface area (Å²) >= 11 is 0. The Morgan fingerprint density at radius 3 is 2.81 bits per heavy atom. The first-order valence-corrected chi connectivity index (χ1v) is 4.86. The maximum Gasteiger partial charge on any atom is 0.522 e. The normalized spacial score (nSPS) is 23.9. The van der Waals surface area contributed by atoms with Crippen LogP contribution in [-0.2, 0) is 4.74 Å². The van der Waals surface area contributed by atoms with Crippen LogP contribution in [0.4, 0.5) is 13.2 Å². The van der Waals surface area contributed by atoms with Crippen molar-refractivity contribution in [3.05, 3.63) is 0 Å². The number of nitrogens with zero attached hydrogens (tertiary/aromatic N) is 2. The molecule has 0 aromatic carbocycles. The zero-order chi connectivity index (χ0) is 12.2. The van der Waals surface area contributed by atoms with E-state index in [9.17, 15) is 13.2 Å². The number of amidine groups is 1. The predicted octanol–water partition coefficient (Wildman–Crippen LogP) is 0.734. The Labute approximate surface area is 90.6 Å². The second-order valence-corrected chi connectivity index (χ2v) is 3.51. The summed E-state index contributed by atoms with van der Waals surface area (Å²) in [5, 5.41) is 11.4. The van der Waals surface area contributed by atoms with Gasteiger partial charge in [0.2, 0.25) is 0 Å². The van der Waals surface area contributed by atoms with Crippen molar-refractivity contribution in [2.45, 2.75) is 25.2 Å². The molecule has 1 fully saturated rings. The van der Waals surface area contributed by atoms with Gasteiger partial charge < -0.3 is 10.9 Å². The summed E-state index contributed by atoms with van der Waals surface area (Å²) in [7, 11) is 0. The topological polar surface area (TPSA) is 71.1 Å². The minimum absolute atomic E-state index is 0.0320. The number of alkyl halides is 3. The van der Waals surface area contributed by atoms with Gasteiger partial charge in [-0.3, -0.25) is 9.64 Å². The van der Waals surface area contributed by atoms with Crippen LogP contribution in [0.1, 0.15) is 12.8 Å². The highest BCUT2D eigenvalue weighted by atomic mass is 19.4. The van der Waals surface area contributed by atoms with Crippen molar-refractivity contribution in [2.24, 2.45) is 10.9 Å². The Hall–Kier alpha value is -1.02. The van der Waals surface area contributed by atoms with Gasteiger partial charge in [0.15, 0.2) is 5.84 Å². The van der Waals surface area contributed by atoms with Crippen molar-refractivity contribution < 1.29 is 23.1 Å². The van der Waals surface area contributed by atoms with Crippen molar-refractivity contribution in [1.29, 1.82) is 0 Å². The second kappa shape index (κ2) is 5.35. The molecule has 0 bridgehead atoms. The van der Waals surface area contributed by atoms with E-state index >= 15 is 0 Å². The van der Waals surface area contributed by atoms with Crippen molar-refractivity contribution in [2.75, 3.05) is 19.7 Å².